The molecule has 0 amide bonds. The molecular formula is C6H7BrOS. The lowest BCUT2D eigenvalue weighted by atomic mass is 10.5. The van der Waals surface area contributed by atoms with Gasteiger partial charge in [-0.3, -0.25) is 0 Å². The van der Waals surface area contributed by atoms with E-state index in [4.69, 9.17) is 4.74 Å². The van der Waals surface area contributed by atoms with E-state index in [-0.39, 0.29) is 0 Å². The molecule has 0 spiro atoms. The van der Waals surface area contributed by atoms with Crippen LogP contribution in [0.1, 0.15) is 4.88 Å². The van der Waals surface area contributed by atoms with Gasteiger partial charge in [0.15, 0.2) is 0 Å². The highest BCUT2D eigenvalue weighted by Crippen LogP contribution is 2.22. The molecule has 0 unspecified atom stereocenters. The van der Waals surface area contributed by atoms with Crippen LogP contribution in [0.25, 0.3) is 0 Å². The molecule has 0 aliphatic rings. The molecular weight excluding hydrogens is 200 g/mol. The van der Waals surface area contributed by atoms with Crippen molar-refractivity contribution in [1.29, 1.82) is 0 Å². The lowest BCUT2D eigenvalue weighted by Gasteiger charge is -1.92. The van der Waals surface area contributed by atoms with Crippen molar-refractivity contribution in [2.75, 3.05) is 7.11 Å². The van der Waals surface area contributed by atoms with E-state index in [9.17, 15) is 0 Å². The summed E-state index contributed by atoms with van der Waals surface area (Å²) in [7, 11) is 1.70. The minimum Gasteiger partial charge on any atom is -0.379 e. The summed E-state index contributed by atoms with van der Waals surface area (Å²) < 4.78 is 6.10. The van der Waals surface area contributed by atoms with Crippen LogP contribution in [0.2, 0.25) is 0 Å². The first-order valence-corrected chi connectivity index (χ1v) is 4.22. The van der Waals surface area contributed by atoms with Gasteiger partial charge in [0.25, 0.3) is 0 Å². The molecule has 1 aromatic heterocycles. The number of hydrogen-bond acceptors (Lipinski definition) is 2. The van der Waals surface area contributed by atoms with Gasteiger partial charge in [0, 0.05) is 16.5 Å². The summed E-state index contributed by atoms with van der Waals surface area (Å²) in [4.78, 5) is 1.25. The summed E-state index contributed by atoms with van der Waals surface area (Å²) in [6, 6.07) is 2.03. The molecule has 0 N–H and O–H groups in total. The molecule has 50 valence electrons. The van der Waals surface area contributed by atoms with Crippen LogP contribution in [0.4, 0.5) is 0 Å². The smallest absolute Gasteiger partial charge is 0.0816 e. The molecule has 9 heavy (non-hydrogen) atoms. The van der Waals surface area contributed by atoms with Gasteiger partial charge in [-0.1, -0.05) is 0 Å². The van der Waals surface area contributed by atoms with Crippen LogP contribution in [0.15, 0.2) is 15.9 Å². The highest BCUT2D eigenvalue weighted by Gasteiger charge is 1.97. The molecule has 1 aromatic rings. The van der Waals surface area contributed by atoms with Crippen molar-refractivity contribution in [3.63, 3.8) is 0 Å². The summed E-state index contributed by atoms with van der Waals surface area (Å²) in [5.41, 5.74) is 0. The Morgan fingerprint density at radius 3 is 3.00 bits per heavy atom. The monoisotopic (exact) mass is 206 g/mol. The average molecular weight is 207 g/mol. The molecule has 1 rings (SSSR count). The predicted molar refractivity (Wildman–Crippen MR) is 42.7 cm³/mol. The van der Waals surface area contributed by atoms with E-state index in [0.717, 1.165) is 4.47 Å². The van der Waals surface area contributed by atoms with E-state index in [1.807, 2.05) is 11.4 Å². The summed E-state index contributed by atoms with van der Waals surface area (Å²) in [5, 5.41) is 2.04. The molecule has 0 radical (unpaired) electrons. The van der Waals surface area contributed by atoms with Crippen molar-refractivity contribution in [3.8, 4) is 0 Å². The Kier molecular flexibility index (Phi) is 2.69. The van der Waals surface area contributed by atoms with Crippen LogP contribution in [0.5, 0.6) is 0 Å². The van der Waals surface area contributed by atoms with Crippen molar-refractivity contribution in [2.24, 2.45) is 0 Å². The highest BCUT2D eigenvalue weighted by atomic mass is 79.9. The van der Waals surface area contributed by atoms with Gasteiger partial charge in [-0.2, -0.15) is 0 Å². The average Bonchev–Trinajstić information content (AvgIpc) is 2.18. The fourth-order valence-corrected chi connectivity index (χ4v) is 2.00. The van der Waals surface area contributed by atoms with Crippen molar-refractivity contribution in [1.82, 2.24) is 0 Å². The minimum absolute atomic E-state index is 0.707. The Balaban J connectivity index is 2.69. The van der Waals surface area contributed by atoms with Gasteiger partial charge in [0.1, 0.15) is 0 Å². The number of ether oxygens (including phenoxy) is 1. The summed E-state index contributed by atoms with van der Waals surface area (Å²) >= 11 is 5.10. The van der Waals surface area contributed by atoms with Crippen molar-refractivity contribution >= 4 is 27.3 Å². The maximum absolute atomic E-state index is 4.95. The van der Waals surface area contributed by atoms with E-state index in [0.29, 0.717) is 6.61 Å². The second-order valence-corrected chi connectivity index (χ2v) is 3.48. The van der Waals surface area contributed by atoms with E-state index >= 15 is 0 Å². The molecule has 0 aliphatic heterocycles. The molecule has 3 heteroatoms. The van der Waals surface area contributed by atoms with Gasteiger partial charge in [-0.25, -0.2) is 0 Å². The lowest BCUT2D eigenvalue weighted by molar-refractivity contribution is 0.187. The highest BCUT2D eigenvalue weighted by molar-refractivity contribution is 9.10. The molecule has 1 heterocycles. The van der Waals surface area contributed by atoms with Crippen LogP contribution in [0.3, 0.4) is 0 Å². The normalized spacial score (nSPS) is 10.0. The quantitative estimate of drug-likeness (QED) is 0.724. The Bertz CT molecular complexity index is 185. The van der Waals surface area contributed by atoms with Crippen LogP contribution >= 0.6 is 27.3 Å². The SMILES string of the molecule is COCc1sccc1Br. The van der Waals surface area contributed by atoms with E-state index in [1.165, 1.54) is 4.88 Å². The zero-order chi connectivity index (χ0) is 6.69. The zero-order valence-corrected chi connectivity index (χ0v) is 7.46. The first-order valence-electron chi connectivity index (χ1n) is 2.55. The molecule has 0 aliphatic carbocycles. The number of hydrogen-bond donors (Lipinski definition) is 0. The molecule has 0 fully saturated rings. The lowest BCUT2D eigenvalue weighted by Crippen LogP contribution is -1.81. The maximum Gasteiger partial charge on any atom is 0.0816 e. The number of rotatable bonds is 2. The fourth-order valence-electron chi connectivity index (χ4n) is 0.559. The Morgan fingerprint density at radius 2 is 2.56 bits per heavy atom. The van der Waals surface area contributed by atoms with E-state index in [2.05, 4.69) is 15.9 Å². The van der Waals surface area contributed by atoms with Crippen LogP contribution in [0, 0.1) is 0 Å². The van der Waals surface area contributed by atoms with E-state index in [1.54, 1.807) is 18.4 Å². The van der Waals surface area contributed by atoms with Crippen molar-refractivity contribution in [2.45, 2.75) is 6.61 Å². The third-order valence-electron chi connectivity index (χ3n) is 0.966. The van der Waals surface area contributed by atoms with Crippen LogP contribution in [-0.2, 0) is 11.3 Å². The van der Waals surface area contributed by atoms with E-state index < -0.39 is 0 Å². The van der Waals surface area contributed by atoms with Crippen LogP contribution in [-0.4, -0.2) is 7.11 Å². The van der Waals surface area contributed by atoms with Gasteiger partial charge in [-0.15, -0.1) is 11.3 Å². The zero-order valence-electron chi connectivity index (χ0n) is 5.06. The van der Waals surface area contributed by atoms with Crippen molar-refractivity contribution < 1.29 is 4.74 Å². The molecule has 0 bridgehead atoms. The first-order chi connectivity index (χ1) is 4.34. The van der Waals surface area contributed by atoms with Crippen molar-refractivity contribution in [3.05, 3.63) is 20.8 Å². The number of halogens is 1. The van der Waals surface area contributed by atoms with Gasteiger partial charge < -0.3 is 4.74 Å². The van der Waals surface area contributed by atoms with Gasteiger partial charge in [-0.05, 0) is 27.4 Å². The van der Waals surface area contributed by atoms with Gasteiger partial charge in [0.2, 0.25) is 0 Å². The Labute approximate surface area is 66.8 Å². The second-order valence-electron chi connectivity index (χ2n) is 1.62. The number of methoxy groups -OCH3 is 1. The second kappa shape index (κ2) is 3.34. The largest absolute Gasteiger partial charge is 0.379 e. The van der Waals surface area contributed by atoms with Gasteiger partial charge >= 0.3 is 0 Å². The Morgan fingerprint density at radius 1 is 1.78 bits per heavy atom. The summed E-state index contributed by atoms with van der Waals surface area (Å²) in [6.07, 6.45) is 0. The summed E-state index contributed by atoms with van der Waals surface area (Å²) in [6.45, 7) is 0.707. The molecule has 0 aromatic carbocycles. The topological polar surface area (TPSA) is 9.23 Å². The third-order valence-corrected chi connectivity index (χ3v) is 2.87. The maximum atomic E-state index is 4.95. The number of thiophene rings is 1. The predicted octanol–water partition coefficient (Wildman–Crippen LogP) is 2.66. The molecule has 0 saturated carbocycles. The standard InChI is InChI=1S/C6H7BrOS/c1-8-4-6-5(7)2-3-9-6/h2-3H,4H2,1H3. The molecule has 0 saturated heterocycles. The molecule has 0 atom stereocenters. The molecule has 1 nitrogen and oxygen atoms in total. The van der Waals surface area contributed by atoms with Gasteiger partial charge in [0.05, 0.1) is 6.61 Å². The van der Waals surface area contributed by atoms with Crippen LogP contribution < -0.4 is 0 Å². The third kappa shape index (κ3) is 1.78. The Hall–Kier alpha value is 0.140. The summed E-state index contributed by atoms with van der Waals surface area (Å²) in [5.74, 6) is 0. The minimum atomic E-state index is 0.707. The first kappa shape index (κ1) is 7.25. The fraction of sp³-hybridized carbons (Fsp3) is 0.333.